The summed E-state index contributed by atoms with van der Waals surface area (Å²) in [7, 11) is 1.63. The van der Waals surface area contributed by atoms with Gasteiger partial charge < -0.3 is 14.8 Å². The molecule has 0 heterocycles. The predicted molar refractivity (Wildman–Crippen MR) is 99.9 cm³/mol. The molecule has 134 valence electrons. The van der Waals surface area contributed by atoms with Crippen molar-refractivity contribution in [3.05, 3.63) is 65.2 Å². The number of benzene rings is 2. The number of amides is 1. The number of ether oxygens (including phenoxy) is 2. The largest absolute Gasteiger partial charge is 0.496 e. The van der Waals surface area contributed by atoms with Crippen molar-refractivity contribution in [1.82, 2.24) is 5.32 Å². The lowest BCUT2D eigenvalue weighted by Crippen LogP contribution is -2.26. The van der Waals surface area contributed by atoms with Crippen molar-refractivity contribution in [2.24, 2.45) is 0 Å². The van der Waals surface area contributed by atoms with E-state index in [0.29, 0.717) is 18.8 Å². The van der Waals surface area contributed by atoms with E-state index in [1.807, 2.05) is 49.4 Å². The molecule has 25 heavy (non-hydrogen) atoms. The van der Waals surface area contributed by atoms with Crippen molar-refractivity contribution in [2.75, 3.05) is 13.7 Å². The third-order valence-electron chi connectivity index (χ3n) is 4.09. The molecule has 2 aromatic carbocycles. The standard InChI is InChI=1S/C21H27NO3/c1-4-5-13-25-15-19-14-18(11-12-20(19)24-3)21(23)22-16(2)17-9-7-6-8-10-17/h6-12,14,16H,4-5,13,15H2,1-3H3,(H,22,23)/t16-/m1/s1. The average Bonchev–Trinajstić information content (AvgIpc) is 2.65. The van der Waals surface area contributed by atoms with E-state index in [-0.39, 0.29) is 11.9 Å². The molecule has 0 saturated carbocycles. The first kappa shape index (κ1) is 19.0. The zero-order valence-electron chi connectivity index (χ0n) is 15.2. The number of methoxy groups -OCH3 is 1. The van der Waals surface area contributed by atoms with E-state index < -0.39 is 0 Å². The van der Waals surface area contributed by atoms with E-state index in [1.165, 1.54) is 0 Å². The van der Waals surface area contributed by atoms with Crippen molar-refractivity contribution >= 4 is 5.91 Å². The van der Waals surface area contributed by atoms with Gasteiger partial charge in [0, 0.05) is 17.7 Å². The molecule has 1 amide bonds. The number of hydrogen-bond acceptors (Lipinski definition) is 3. The zero-order valence-corrected chi connectivity index (χ0v) is 15.2. The number of nitrogens with one attached hydrogen (secondary N) is 1. The molecule has 1 atom stereocenters. The monoisotopic (exact) mass is 341 g/mol. The molecule has 0 unspecified atom stereocenters. The Balaban J connectivity index is 2.06. The summed E-state index contributed by atoms with van der Waals surface area (Å²) < 4.78 is 11.1. The summed E-state index contributed by atoms with van der Waals surface area (Å²) in [6, 6.07) is 15.3. The Kier molecular flexibility index (Phi) is 7.48. The molecule has 0 aliphatic heterocycles. The van der Waals surface area contributed by atoms with E-state index in [4.69, 9.17) is 9.47 Å². The lowest BCUT2D eigenvalue weighted by Gasteiger charge is -2.16. The fraction of sp³-hybridized carbons (Fsp3) is 0.381. The smallest absolute Gasteiger partial charge is 0.251 e. The van der Waals surface area contributed by atoms with Crippen LogP contribution in [0, 0.1) is 0 Å². The molecule has 4 heteroatoms. The highest BCUT2D eigenvalue weighted by Crippen LogP contribution is 2.22. The number of carbonyl (C=O) groups excluding carboxylic acids is 1. The Morgan fingerprint density at radius 3 is 2.60 bits per heavy atom. The van der Waals surface area contributed by atoms with Gasteiger partial charge in [-0.3, -0.25) is 4.79 Å². The molecule has 0 spiro atoms. The molecule has 0 radical (unpaired) electrons. The van der Waals surface area contributed by atoms with Gasteiger partial charge in [-0.05, 0) is 37.1 Å². The van der Waals surface area contributed by atoms with E-state index in [9.17, 15) is 4.79 Å². The summed E-state index contributed by atoms with van der Waals surface area (Å²) in [6.45, 7) is 5.26. The van der Waals surface area contributed by atoms with Gasteiger partial charge in [-0.2, -0.15) is 0 Å². The fourth-order valence-electron chi connectivity index (χ4n) is 2.57. The van der Waals surface area contributed by atoms with Crippen LogP contribution in [0.4, 0.5) is 0 Å². The molecule has 0 bridgehead atoms. The molecular formula is C21H27NO3. The third kappa shape index (κ3) is 5.61. The number of hydrogen-bond donors (Lipinski definition) is 1. The van der Waals surface area contributed by atoms with E-state index in [0.717, 1.165) is 29.7 Å². The van der Waals surface area contributed by atoms with E-state index >= 15 is 0 Å². The third-order valence-corrected chi connectivity index (χ3v) is 4.09. The lowest BCUT2D eigenvalue weighted by molar-refractivity contribution is 0.0938. The molecule has 1 N–H and O–H groups in total. The summed E-state index contributed by atoms with van der Waals surface area (Å²) in [5, 5.41) is 3.03. The Morgan fingerprint density at radius 2 is 1.92 bits per heavy atom. The van der Waals surface area contributed by atoms with Gasteiger partial charge in [0.25, 0.3) is 5.91 Å². The minimum Gasteiger partial charge on any atom is -0.496 e. The van der Waals surface area contributed by atoms with Crippen LogP contribution in [0.2, 0.25) is 0 Å². The molecule has 0 aliphatic rings. The van der Waals surface area contributed by atoms with Gasteiger partial charge in [-0.1, -0.05) is 43.7 Å². The van der Waals surface area contributed by atoms with Gasteiger partial charge in [-0.25, -0.2) is 0 Å². The molecule has 2 rings (SSSR count). The number of carbonyl (C=O) groups is 1. The SMILES string of the molecule is CCCCOCc1cc(C(=O)N[C@H](C)c2ccccc2)ccc1OC. The second-order valence-corrected chi connectivity index (χ2v) is 6.04. The van der Waals surface area contributed by atoms with E-state index in [2.05, 4.69) is 12.2 Å². The summed E-state index contributed by atoms with van der Waals surface area (Å²) in [4.78, 5) is 12.6. The first-order valence-electron chi connectivity index (χ1n) is 8.76. The van der Waals surface area contributed by atoms with Crippen molar-refractivity contribution in [3.63, 3.8) is 0 Å². The highest BCUT2D eigenvalue weighted by Gasteiger charge is 2.13. The molecular weight excluding hydrogens is 314 g/mol. The highest BCUT2D eigenvalue weighted by atomic mass is 16.5. The van der Waals surface area contributed by atoms with Crippen LogP contribution < -0.4 is 10.1 Å². The van der Waals surface area contributed by atoms with Crippen molar-refractivity contribution in [1.29, 1.82) is 0 Å². The topological polar surface area (TPSA) is 47.6 Å². The zero-order chi connectivity index (χ0) is 18.1. The maximum atomic E-state index is 12.6. The van der Waals surface area contributed by atoms with Crippen LogP contribution in [0.15, 0.2) is 48.5 Å². The molecule has 0 fully saturated rings. The Morgan fingerprint density at radius 1 is 1.16 bits per heavy atom. The van der Waals surface area contributed by atoms with Crippen LogP contribution in [0.5, 0.6) is 5.75 Å². The van der Waals surface area contributed by atoms with Gasteiger partial charge >= 0.3 is 0 Å². The highest BCUT2D eigenvalue weighted by molar-refractivity contribution is 5.94. The minimum atomic E-state index is -0.103. The predicted octanol–water partition coefficient (Wildman–Crippen LogP) is 4.50. The molecule has 2 aromatic rings. The normalized spacial score (nSPS) is 11.8. The maximum absolute atomic E-state index is 12.6. The van der Waals surface area contributed by atoms with Crippen LogP contribution in [-0.4, -0.2) is 19.6 Å². The fourth-order valence-corrected chi connectivity index (χ4v) is 2.57. The van der Waals surface area contributed by atoms with Gasteiger partial charge in [0.2, 0.25) is 0 Å². The van der Waals surface area contributed by atoms with Crippen molar-refractivity contribution < 1.29 is 14.3 Å². The van der Waals surface area contributed by atoms with Crippen LogP contribution in [0.3, 0.4) is 0 Å². The number of unbranched alkanes of at least 4 members (excludes halogenated alkanes) is 1. The Hall–Kier alpha value is -2.33. The second-order valence-electron chi connectivity index (χ2n) is 6.04. The summed E-state index contributed by atoms with van der Waals surface area (Å²) in [5.41, 5.74) is 2.57. The number of rotatable bonds is 9. The molecule has 4 nitrogen and oxygen atoms in total. The van der Waals surface area contributed by atoms with Crippen molar-refractivity contribution in [3.8, 4) is 5.75 Å². The van der Waals surface area contributed by atoms with Crippen molar-refractivity contribution in [2.45, 2.75) is 39.3 Å². The Labute approximate surface area is 150 Å². The Bertz CT molecular complexity index is 670. The quantitative estimate of drug-likeness (QED) is 0.683. The first-order valence-corrected chi connectivity index (χ1v) is 8.76. The minimum absolute atomic E-state index is 0.0555. The van der Waals surface area contributed by atoms with Crippen LogP contribution in [0.1, 0.15) is 54.2 Å². The summed E-state index contributed by atoms with van der Waals surface area (Å²) in [6.07, 6.45) is 2.12. The van der Waals surface area contributed by atoms with Crippen LogP contribution in [0.25, 0.3) is 0 Å². The second kappa shape index (κ2) is 9.84. The average molecular weight is 341 g/mol. The first-order chi connectivity index (χ1) is 12.2. The molecule has 0 saturated heterocycles. The van der Waals surface area contributed by atoms with Crippen LogP contribution >= 0.6 is 0 Å². The lowest BCUT2D eigenvalue weighted by atomic mass is 10.1. The molecule has 0 aromatic heterocycles. The molecule has 0 aliphatic carbocycles. The summed E-state index contributed by atoms with van der Waals surface area (Å²) >= 11 is 0. The summed E-state index contributed by atoms with van der Waals surface area (Å²) in [5.74, 6) is 0.637. The van der Waals surface area contributed by atoms with Crippen LogP contribution in [-0.2, 0) is 11.3 Å². The van der Waals surface area contributed by atoms with Gasteiger partial charge in [0.1, 0.15) is 5.75 Å². The van der Waals surface area contributed by atoms with E-state index in [1.54, 1.807) is 13.2 Å². The maximum Gasteiger partial charge on any atom is 0.251 e. The van der Waals surface area contributed by atoms with Gasteiger partial charge in [-0.15, -0.1) is 0 Å². The van der Waals surface area contributed by atoms with Gasteiger partial charge in [0.15, 0.2) is 0 Å². The van der Waals surface area contributed by atoms with Gasteiger partial charge in [0.05, 0.1) is 19.8 Å².